The Morgan fingerprint density at radius 2 is 1.63 bits per heavy atom. The Morgan fingerprint density at radius 1 is 0.889 bits per heavy atom. The van der Waals surface area contributed by atoms with Crippen LogP contribution in [0.1, 0.15) is 36.4 Å². The number of aromatic nitrogens is 2. The maximum atomic E-state index is 13.4. The fraction of sp³-hybridized carbons (Fsp3) is 0.227. The summed E-state index contributed by atoms with van der Waals surface area (Å²) >= 11 is 0. The molecule has 5 heteroatoms. The number of hydrogen-bond donors (Lipinski definition) is 0. The predicted octanol–water partition coefficient (Wildman–Crippen LogP) is 3.04. The lowest BCUT2D eigenvalue weighted by molar-refractivity contribution is -0.116. The van der Waals surface area contributed by atoms with E-state index in [4.69, 9.17) is 0 Å². The third kappa shape index (κ3) is 2.14. The second-order valence-electron chi connectivity index (χ2n) is 7.27. The third-order valence-corrected chi connectivity index (χ3v) is 5.56. The number of ketones is 1. The molecule has 0 fully saturated rings. The van der Waals surface area contributed by atoms with Gasteiger partial charge in [0, 0.05) is 12.0 Å². The number of carbonyl (C=O) groups is 1. The van der Waals surface area contributed by atoms with Crippen molar-refractivity contribution >= 4 is 22.3 Å². The number of allylic oxidation sites excluding steroid dienone is 2. The van der Waals surface area contributed by atoms with Crippen molar-refractivity contribution in [2.24, 2.45) is 0 Å². The number of carbonyl (C=O) groups excluding carboxylic acids is 1. The van der Waals surface area contributed by atoms with E-state index in [1.54, 1.807) is 24.3 Å². The van der Waals surface area contributed by atoms with Gasteiger partial charge in [-0.2, -0.15) is 0 Å². The summed E-state index contributed by atoms with van der Waals surface area (Å²) < 4.78 is 2.96. The standard InChI is InChI=1S/C22H18N2O3/c1-13-6-4-7-14(12-13)20-19-17(10-5-11-18(19)25)23-21(26)15-8-2-3-9-16(15)22(27)24(20)23/h2-4,6-9,12,20H,5,10-11H2,1H3. The number of hydrogen-bond acceptors (Lipinski definition) is 3. The van der Waals surface area contributed by atoms with E-state index in [9.17, 15) is 14.4 Å². The minimum Gasteiger partial charge on any atom is -0.294 e. The first-order valence-electron chi connectivity index (χ1n) is 9.17. The fourth-order valence-corrected chi connectivity index (χ4v) is 4.41. The molecule has 0 N–H and O–H groups in total. The van der Waals surface area contributed by atoms with Crippen molar-refractivity contribution in [3.8, 4) is 0 Å². The molecule has 0 saturated carbocycles. The molecule has 1 aliphatic heterocycles. The summed E-state index contributed by atoms with van der Waals surface area (Å²) in [6.07, 6.45) is 1.78. The van der Waals surface area contributed by atoms with E-state index in [2.05, 4.69) is 0 Å². The Bertz CT molecular complexity index is 1280. The lowest BCUT2D eigenvalue weighted by Crippen LogP contribution is -2.37. The van der Waals surface area contributed by atoms with Crippen molar-refractivity contribution in [3.63, 3.8) is 0 Å². The lowest BCUT2D eigenvalue weighted by atomic mass is 9.87. The fourth-order valence-electron chi connectivity index (χ4n) is 4.41. The SMILES string of the molecule is Cc1cccc(C2C3=C(CCCC3=O)n3c(=O)c4ccccc4c(=O)n32)c1. The summed E-state index contributed by atoms with van der Waals surface area (Å²) in [5.74, 6) is 0.0295. The largest absolute Gasteiger partial charge is 0.294 e. The molecule has 1 unspecified atom stereocenters. The first kappa shape index (κ1) is 16.0. The average molecular weight is 358 g/mol. The van der Waals surface area contributed by atoms with Crippen molar-refractivity contribution in [2.45, 2.75) is 32.2 Å². The Balaban J connectivity index is 1.94. The van der Waals surface area contributed by atoms with E-state index in [0.29, 0.717) is 41.3 Å². The molecule has 2 aromatic carbocycles. The summed E-state index contributed by atoms with van der Waals surface area (Å²) in [6, 6.07) is 14.1. The molecule has 0 radical (unpaired) electrons. The van der Waals surface area contributed by atoms with Crippen molar-refractivity contribution in [2.75, 3.05) is 0 Å². The van der Waals surface area contributed by atoms with Gasteiger partial charge in [0.1, 0.15) is 6.04 Å². The van der Waals surface area contributed by atoms with Crippen LogP contribution in [0.3, 0.4) is 0 Å². The van der Waals surface area contributed by atoms with Gasteiger partial charge in [-0.25, -0.2) is 9.36 Å². The predicted molar refractivity (Wildman–Crippen MR) is 104 cm³/mol. The number of Topliss-reactive ketones (excluding diaryl/α,β-unsaturated/α-hetero) is 1. The molecule has 1 atom stereocenters. The van der Waals surface area contributed by atoms with Crippen LogP contribution in [-0.4, -0.2) is 15.1 Å². The van der Waals surface area contributed by atoms with Gasteiger partial charge < -0.3 is 0 Å². The lowest BCUT2D eigenvalue weighted by Gasteiger charge is -2.19. The molecule has 0 spiro atoms. The first-order valence-corrected chi connectivity index (χ1v) is 9.17. The second kappa shape index (κ2) is 5.64. The van der Waals surface area contributed by atoms with Crippen LogP contribution in [0.15, 0.2) is 63.7 Å². The topological polar surface area (TPSA) is 61.1 Å². The van der Waals surface area contributed by atoms with Crippen LogP contribution in [0, 0.1) is 6.92 Å². The molecule has 2 heterocycles. The molecule has 3 aromatic rings. The number of aryl methyl sites for hydroxylation is 1. The summed E-state index contributed by atoms with van der Waals surface area (Å²) in [5.41, 5.74) is 2.72. The van der Waals surface area contributed by atoms with E-state index in [-0.39, 0.29) is 16.9 Å². The highest BCUT2D eigenvalue weighted by molar-refractivity contribution is 6.04. The summed E-state index contributed by atoms with van der Waals surface area (Å²) in [6.45, 7) is 1.98. The van der Waals surface area contributed by atoms with E-state index in [0.717, 1.165) is 11.1 Å². The molecule has 0 bridgehead atoms. The molecular formula is C22H18N2O3. The maximum Gasteiger partial charge on any atom is 0.277 e. The Morgan fingerprint density at radius 3 is 2.37 bits per heavy atom. The van der Waals surface area contributed by atoms with E-state index in [1.807, 2.05) is 31.2 Å². The highest BCUT2D eigenvalue weighted by atomic mass is 16.2. The highest BCUT2D eigenvalue weighted by Gasteiger charge is 2.39. The molecule has 27 heavy (non-hydrogen) atoms. The van der Waals surface area contributed by atoms with Crippen molar-refractivity contribution < 1.29 is 4.79 Å². The van der Waals surface area contributed by atoms with Gasteiger partial charge in [-0.15, -0.1) is 0 Å². The van der Waals surface area contributed by atoms with Crippen LogP contribution in [0.25, 0.3) is 16.5 Å². The maximum absolute atomic E-state index is 13.4. The summed E-state index contributed by atoms with van der Waals surface area (Å²) in [5, 5.41) is 0.789. The zero-order chi connectivity index (χ0) is 18.7. The van der Waals surface area contributed by atoms with Crippen LogP contribution in [0.4, 0.5) is 0 Å². The van der Waals surface area contributed by atoms with Crippen molar-refractivity contribution in [1.29, 1.82) is 0 Å². The summed E-state index contributed by atoms with van der Waals surface area (Å²) in [4.78, 5) is 39.4. The van der Waals surface area contributed by atoms with Gasteiger partial charge in [0.15, 0.2) is 5.78 Å². The number of nitrogens with zero attached hydrogens (tertiary/aromatic N) is 2. The number of fused-ring (bicyclic) bond motifs is 3. The minimum absolute atomic E-state index is 0.0295. The van der Waals surface area contributed by atoms with Crippen LogP contribution < -0.4 is 11.1 Å². The van der Waals surface area contributed by atoms with E-state index >= 15 is 0 Å². The number of rotatable bonds is 1. The van der Waals surface area contributed by atoms with Gasteiger partial charge >= 0.3 is 0 Å². The van der Waals surface area contributed by atoms with Gasteiger partial charge in [-0.1, -0.05) is 42.0 Å². The van der Waals surface area contributed by atoms with Gasteiger partial charge in [0.25, 0.3) is 11.1 Å². The summed E-state index contributed by atoms with van der Waals surface area (Å²) in [7, 11) is 0. The van der Waals surface area contributed by atoms with Crippen LogP contribution >= 0.6 is 0 Å². The molecule has 5 nitrogen and oxygen atoms in total. The molecule has 134 valence electrons. The van der Waals surface area contributed by atoms with Gasteiger partial charge in [-0.05, 0) is 37.5 Å². The molecule has 1 aliphatic carbocycles. The molecule has 0 amide bonds. The zero-order valence-electron chi connectivity index (χ0n) is 14.9. The van der Waals surface area contributed by atoms with Crippen LogP contribution in [0.2, 0.25) is 0 Å². The second-order valence-corrected chi connectivity index (χ2v) is 7.27. The normalized spacial score (nSPS) is 18.7. The third-order valence-electron chi connectivity index (χ3n) is 5.56. The van der Waals surface area contributed by atoms with Crippen molar-refractivity contribution in [3.05, 3.63) is 85.9 Å². The highest BCUT2D eigenvalue weighted by Crippen LogP contribution is 2.40. The minimum atomic E-state index is -0.544. The average Bonchev–Trinajstić information content (AvgIpc) is 3.03. The zero-order valence-corrected chi connectivity index (χ0v) is 14.9. The monoisotopic (exact) mass is 358 g/mol. The van der Waals surface area contributed by atoms with Crippen LogP contribution in [0.5, 0.6) is 0 Å². The quantitative estimate of drug-likeness (QED) is 0.672. The van der Waals surface area contributed by atoms with Gasteiger partial charge in [0.05, 0.1) is 16.5 Å². The molecular weight excluding hydrogens is 340 g/mol. The van der Waals surface area contributed by atoms with Crippen molar-refractivity contribution in [1.82, 2.24) is 9.36 Å². The smallest absolute Gasteiger partial charge is 0.277 e. The number of benzene rings is 2. The van der Waals surface area contributed by atoms with E-state index < -0.39 is 6.04 Å². The Labute approximate surface area is 155 Å². The Hall–Kier alpha value is -3.21. The molecule has 5 rings (SSSR count). The molecule has 1 aromatic heterocycles. The van der Waals surface area contributed by atoms with Gasteiger partial charge in [-0.3, -0.25) is 14.4 Å². The molecule has 2 aliphatic rings. The molecule has 0 saturated heterocycles. The first-order chi connectivity index (χ1) is 13.1. The Kier molecular flexibility index (Phi) is 3.34. The van der Waals surface area contributed by atoms with E-state index in [1.165, 1.54) is 9.36 Å². The van der Waals surface area contributed by atoms with Crippen LogP contribution in [-0.2, 0) is 4.79 Å². The van der Waals surface area contributed by atoms with Gasteiger partial charge in [0.2, 0.25) is 0 Å².